The van der Waals surface area contributed by atoms with Gasteiger partial charge in [0.15, 0.2) is 0 Å². The quantitative estimate of drug-likeness (QED) is 0.527. The lowest BCUT2D eigenvalue weighted by Crippen LogP contribution is -2.14. The van der Waals surface area contributed by atoms with E-state index in [9.17, 15) is 4.39 Å². The molecule has 0 atom stereocenters. The van der Waals surface area contributed by atoms with Gasteiger partial charge in [0.25, 0.3) is 0 Å². The first-order chi connectivity index (χ1) is 10.2. The number of hydrazine groups is 1. The summed E-state index contributed by atoms with van der Waals surface area (Å²) in [6.07, 6.45) is 0.843. The van der Waals surface area contributed by atoms with E-state index in [0.717, 1.165) is 12.0 Å². The molecule has 0 spiro atoms. The van der Waals surface area contributed by atoms with E-state index in [4.69, 9.17) is 10.6 Å². The second-order valence-corrected chi connectivity index (χ2v) is 4.24. The van der Waals surface area contributed by atoms with Crippen molar-refractivity contribution in [3.05, 3.63) is 35.6 Å². The van der Waals surface area contributed by atoms with Gasteiger partial charge >= 0.3 is 6.01 Å². The number of anilines is 2. The van der Waals surface area contributed by atoms with E-state index < -0.39 is 0 Å². The summed E-state index contributed by atoms with van der Waals surface area (Å²) in [7, 11) is 0. The van der Waals surface area contributed by atoms with Crippen LogP contribution in [0.5, 0.6) is 6.01 Å². The number of halogens is 1. The van der Waals surface area contributed by atoms with E-state index in [1.807, 2.05) is 6.92 Å². The number of ether oxygens (including phenoxy) is 1. The van der Waals surface area contributed by atoms with E-state index in [-0.39, 0.29) is 17.8 Å². The molecule has 2 aromatic rings. The van der Waals surface area contributed by atoms with Gasteiger partial charge in [-0.05, 0) is 24.1 Å². The maximum absolute atomic E-state index is 12.8. The largest absolute Gasteiger partial charge is 0.463 e. The minimum atomic E-state index is -0.274. The third kappa shape index (κ3) is 4.53. The third-order valence-corrected chi connectivity index (χ3v) is 2.54. The molecule has 1 aromatic heterocycles. The van der Waals surface area contributed by atoms with Gasteiger partial charge in [-0.2, -0.15) is 15.0 Å². The minimum absolute atomic E-state index is 0.196. The normalized spacial score (nSPS) is 10.2. The zero-order valence-corrected chi connectivity index (χ0v) is 11.6. The fourth-order valence-corrected chi connectivity index (χ4v) is 1.54. The number of nitrogens with zero attached hydrogens (tertiary/aromatic N) is 3. The fourth-order valence-electron chi connectivity index (χ4n) is 1.54. The van der Waals surface area contributed by atoms with Crippen LogP contribution in [-0.4, -0.2) is 21.6 Å². The van der Waals surface area contributed by atoms with Crippen LogP contribution >= 0.6 is 0 Å². The van der Waals surface area contributed by atoms with Crippen molar-refractivity contribution in [2.75, 3.05) is 17.3 Å². The predicted molar refractivity (Wildman–Crippen MR) is 77.1 cm³/mol. The summed E-state index contributed by atoms with van der Waals surface area (Å²) in [6, 6.07) is 6.35. The minimum Gasteiger partial charge on any atom is -0.463 e. The van der Waals surface area contributed by atoms with Crippen molar-refractivity contribution in [1.29, 1.82) is 0 Å². The highest BCUT2D eigenvalue weighted by molar-refractivity contribution is 5.35. The molecule has 4 N–H and O–H groups in total. The van der Waals surface area contributed by atoms with Gasteiger partial charge in [0.2, 0.25) is 11.9 Å². The third-order valence-electron chi connectivity index (χ3n) is 2.54. The first-order valence-electron chi connectivity index (χ1n) is 6.55. The summed E-state index contributed by atoms with van der Waals surface area (Å²) in [5.74, 6) is 5.57. The lowest BCUT2D eigenvalue weighted by atomic mass is 10.2. The Hall–Kier alpha value is -2.48. The maximum atomic E-state index is 12.8. The molecule has 8 heteroatoms. The van der Waals surface area contributed by atoms with E-state index in [1.54, 1.807) is 12.1 Å². The molecular formula is C13H17FN6O. The molecule has 0 aliphatic carbocycles. The highest BCUT2D eigenvalue weighted by Gasteiger charge is 2.06. The number of hydrogen-bond donors (Lipinski definition) is 3. The molecule has 1 heterocycles. The van der Waals surface area contributed by atoms with Crippen molar-refractivity contribution < 1.29 is 9.13 Å². The van der Waals surface area contributed by atoms with Crippen LogP contribution < -0.4 is 21.3 Å². The second kappa shape index (κ2) is 7.34. The molecule has 0 saturated carbocycles. The summed E-state index contributed by atoms with van der Waals surface area (Å²) < 4.78 is 18.2. The molecule has 112 valence electrons. The number of benzene rings is 1. The van der Waals surface area contributed by atoms with Crippen LogP contribution in [0.3, 0.4) is 0 Å². The Balaban J connectivity index is 2.05. The molecule has 21 heavy (non-hydrogen) atoms. The Morgan fingerprint density at radius 2 is 1.86 bits per heavy atom. The molecule has 0 aliphatic heterocycles. The van der Waals surface area contributed by atoms with Crippen molar-refractivity contribution in [1.82, 2.24) is 15.0 Å². The van der Waals surface area contributed by atoms with Crippen LogP contribution in [0.2, 0.25) is 0 Å². The van der Waals surface area contributed by atoms with Crippen LogP contribution in [0, 0.1) is 5.82 Å². The number of nitrogens with one attached hydrogen (secondary N) is 2. The van der Waals surface area contributed by atoms with Crippen LogP contribution in [0.15, 0.2) is 24.3 Å². The molecule has 0 amide bonds. The number of rotatable bonds is 7. The summed E-state index contributed by atoms with van der Waals surface area (Å²) in [4.78, 5) is 12.2. The number of hydrogen-bond acceptors (Lipinski definition) is 7. The second-order valence-electron chi connectivity index (χ2n) is 4.24. The average molecular weight is 292 g/mol. The molecular weight excluding hydrogens is 275 g/mol. The molecule has 0 radical (unpaired) electrons. The van der Waals surface area contributed by atoms with E-state index >= 15 is 0 Å². The lowest BCUT2D eigenvalue weighted by Gasteiger charge is -2.09. The standard InChI is InChI=1S/C13H17FN6O/c1-2-7-21-13-18-11(17-12(19-13)20-15)16-8-9-3-5-10(14)6-4-9/h3-6H,2,7-8,15H2,1H3,(H2,16,17,18,19,20). The van der Waals surface area contributed by atoms with E-state index in [0.29, 0.717) is 19.1 Å². The summed E-state index contributed by atoms with van der Waals surface area (Å²) in [6.45, 7) is 2.93. The molecule has 0 bridgehead atoms. The fraction of sp³-hybridized carbons (Fsp3) is 0.308. The first kappa shape index (κ1) is 14.9. The summed E-state index contributed by atoms with van der Waals surface area (Å²) >= 11 is 0. The Labute approximate surface area is 121 Å². The van der Waals surface area contributed by atoms with Crippen molar-refractivity contribution in [3.63, 3.8) is 0 Å². The van der Waals surface area contributed by atoms with Crippen molar-refractivity contribution in [2.45, 2.75) is 19.9 Å². The number of nitrogen functional groups attached to an aromatic ring is 1. The van der Waals surface area contributed by atoms with Crippen LogP contribution in [0.25, 0.3) is 0 Å². The van der Waals surface area contributed by atoms with E-state index in [1.165, 1.54) is 12.1 Å². The monoisotopic (exact) mass is 292 g/mol. The zero-order chi connectivity index (χ0) is 15.1. The van der Waals surface area contributed by atoms with Crippen LogP contribution in [0.1, 0.15) is 18.9 Å². The Bertz CT molecular complexity index is 577. The topological polar surface area (TPSA) is 98.0 Å². The van der Waals surface area contributed by atoms with Crippen LogP contribution in [0.4, 0.5) is 16.3 Å². The summed E-state index contributed by atoms with van der Waals surface area (Å²) in [5, 5.41) is 3.01. The Kier molecular flexibility index (Phi) is 5.22. The highest BCUT2D eigenvalue weighted by atomic mass is 19.1. The van der Waals surface area contributed by atoms with Gasteiger partial charge in [0, 0.05) is 6.54 Å². The molecule has 0 unspecified atom stereocenters. The van der Waals surface area contributed by atoms with Gasteiger partial charge in [0.1, 0.15) is 5.82 Å². The number of aromatic nitrogens is 3. The maximum Gasteiger partial charge on any atom is 0.323 e. The summed E-state index contributed by atoms with van der Waals surface area (Å²) in [5.41, 5.74) is 3.26. The van der Waals surface area contributed by atoms with Gasteiger partial charge in [-0.3, -0.25) is 5.43 Å². The average Bonchev–Trinajstić information content (AvgIpc) is 2.52. The van der Waals surface area contributed by atoms with Crippen molar-refractivity contribution >= 4 is 11.9 Å². The Morgan fingerprint density at radius 3 is 2.52 bits per heavy atom. The lowest BCUT2D eigenvalue weighted by molar-refractivity contribution is 0.292. The SMILES string of the molecule is CCCOc1nc(NN)nc(NCc2ccc(F)cc2)n1. The Morgan fingerprint density at radius 1 is 1.14 bits per heavy atom. The zero-order valence-electron chi connectivity index (χ0n) is 11.6. The molecule has 1 aromatic carbocycles. The molecule has 0 saturated heterocycles. The molecule has 7 nitrogen and oxygen atoms in total. The molecule has 0 fully saturated rings. The van der Waals surface area contributed by atoms with Gasteiger partial charge in [-0.1, -0.05) is 19.1 Å². The van der Waals surface area contributed by atoms with Gasteiger partial charge in [-0.15, -0.1) is 0 Å². The molecule has 2 rings (SSSR count). The van der Waals surface area contributed by atoms with E-state index in [2.05, 4.69) is 25.7 Å². The van der Waals surface area contributed by atoms with Gasteiger partial charge in [-0.25, -0.2) is 10.2 Å². The first-order valence-corrected chi connectivity index (χ1v) is 6.55. The number of nitrogens with two attached hydrogens (primary N) is 1. The van der Waals surface area contributed by atoms with Crippen molar-refractivity contribution in [2.24, 2.45) is 5.84 Å². The van der Waals surface area contributed by atoms with Crippen LogP contribution in [-0.2, 0) is 6.54 Å². The highest BCUT2D eigenvalue weighted by Crippen LogP contribution is 2.12. The molecule has 0 aliphatic rings. The van der Waals surface area contributed by atoms with Crippen molar-refractivity contribution in [3.8, 4) is 6.01 Å². The van der Waals surface area contributed by atoms with Gasteiger partial charge in [0.05, 0.1) is 6.61 Å². The van der Waals surface area contributed by atoms with Gasteiger partial charge < -0.3 is 10.1 Å². The predicted octanol–water partition coefficient (Wildman–Crippen LogP) is 1.70. The smallest absolute Gasteiger partial charge is 0.323 e.